The molecule has 2 heterocycles. The molecule has 0 amide bonds. The monoisotopic (exact) mass is 717 g/mol. The van der Waals surface area contributed by atoms with Crippen LogP contribution in [0.4, 0.5) is 5.69 Å². The van der Waals surface area contributed by atoms with E-state index in [1.54, 1.807) is 0 Å². The fraction of sp³-hybridized carbons (Fsp3) is 0.0377. The van der Waals surface area contributed by atoms with Crippen molar-refractivity contribution in [3.63, 3.8) is 0 Å². The lowest BCUT2D eigenvalue weighted by Crippen LogP contribution is -2.27. The van der Waals surface area contributed by atoms with Crippen LogP contribution in [0.2, 0.25) is 0 Å². The van der Waals surface area contributed by atoms with E-state index in [9.17, 15) is 0 Å². The van der Waals surface area contributed by atoms with Gasteiger partial charge in [0.25, 0.3) is 0 Å². The van der Waals surface area contributed by atoms with Crippen molar-refractivity contribution in [2.24, 2.45) is 4.99 Å². The lowest BCUT2D eigenvalue weighted by atomic mass is 9.85. The van der Waals surface area contributed by atoms with Crippen LogP contribution in [0.5, 0.6) is 0 Å². The Labute approximate surface area is 328 Å². The molecule has 2 aliphatic heterocycles. The highest BCUT2D eigenvalue weighted by Gasteiger charge is 2.24. The Kier molecular flexibility index (Phi) is 8.66. The Morgan fingerprint density at radius 1 is 0.393 bits per heavy atom. The molecule has 3 heteroatoms. The zero-order valence-corrected chi connectivity index (χ0v) is 30.8. The minimum atomic E-state index is -0.147. The van der Waals surface area contributed by atoms with Gasteiger partial charge in [0, 0.05) is 22.5 Å². The summed E-state index contributed by atoms with van der Waals surface area (Å²) in [6.45, 7) is 0. The summed E-state index contributed by atoms with van der Waals surface area (Å²) in [5.74, 6) is 0.869. The third-order valence-electron chi connectivity index (χ3n) is 11.0. The molecule has 2 N–H and O–H groups in total. The molecular formula is C53H39N3. The SMILES string of the molecule is C1=C(c2ccc(-c3ccccc3)cc2)NC(c2ccccc2)=NC1c1ccc(-c2cccc3c4c(ccc23)NC(c2ccccc2)C=C4c2ccccc2)cc1. The lowest BCUT2D eigenvalue weighted by molar-refractivity contribution is 0.880. The summed E-state index contributed by atoms with van der Waals surface area (Å²) in [6, 6.07) is 71.3. The molecule has 2 atom stereocenters. The number of aliphatic imine (C=N–C) groups is 1. The van der Waals surface area contributed by atoms with Crippen molar-refractivity contribution in [2.75, 3.05) is 5.32 Å². The zero-order chi connectivity index (χ0) is 37.3. The van der Waals surface area contributed by atoms with E-state index in [4.69, 9.17) is 4.99 Å². The summed E-state index contributed by atoms with van der Waals surface area (Å²) in [6.07, 6.45) is 4.63. The normalized spacial score (nSPS) is 16.1. The first-order chi connectivity index (χ1) is 27.7. The molecule has 0 saturated heterocycles. The molecule has 0 spiro atoms. The van der Waals surface area contributed by atoms with Crippen molar-refractivity contribution in [1.82, 2.24) is 5.32 Å². The number of fused-ring (bicyclic) bond motifs is 3. The first-order valence-corrected chi connectivity index (χ1v) is 19.3. The molecule has 0 aromatic heterocycles. The summed E-state index contributed by atoms with van der Waals surface area (Å²) in [5.41, 5.74) is 15.3. The van der Waals surface area contributed by atoms with Crippen molar-refractivity contribution in [3.05, 3.63) is 246 Å². The summed E-state index contributed by atoms with van der Waals surface area (Å²) in [4.78, 5) is 5.24. The molecule has 10 rings (SSSR count). The van der Waals surface area contributed by atoms with Gasteiger partial charge in [-0.05, 0) is 79.1 Å². The molecular weight excluding hydrogens is 679 g/mol. The van der Waals surface area contributed by atoms with Crippen LogP contribution < -0.4 is 10.6 Å². The van der Waals surface area contributed by atoms with Crippen molar-refractivity contribution in [2.45, 2.75) is 12.1 Å². The van der Waals surface area contributed by atoms with Crippen molar-refractivity contribution in [1.29, 1.82) is 0 Å². The van der Waals surface area contributed by atoms with E-state index in [0.29, 0.717) is 0 Å². The quantitative estimate of drug-likeness (QED) is 0.172. The number of nitrogens with one attached hydrogen (secondary N) is 2. The van der Waals surface area contributed by atoms with E-state index in [-0.39, 0.29) is 12.1 Å². The number of nitrogens with zero attached hydrogens (tertiary/aromatic N) is 1. The van der Waals surface area contributed by atoms with Crippen LogP contribution in [-0.2, 0) is 0 Å². The number of benzene rings is 8. The number of hydrogen-bond donors (Lipinski definition) is 2. The van der Waals surface area contributed by atoms with Gasteiger partial charge < -0.3 is 10.6 Å². The predicted molar refractivity (Wildman–Crippen MR) is 234 cm³/mol. The molecule has 0 saturated carbocycles. The molecule has 0 radical (unpaired) electrons. The Balaban J connectivity index is 1.01. The first kappa shape index (κ1) is 33.3. The number of amidine groups is 1. The summed E-state index contributed by atoms with van der Waals surface area (Å²) < 4.78 is 0. The van der Waals surface area contributed by atoms with Crippen molar-refractivity contribution in [3.8, 4) is 22.3 Å². The Hall–Kier alpha value is -7.23. The molecule has 8 aromatic carbocycles. The van der Waals surface area contributed by atoms with Gasteiger partial charge in [-0.3, -0.25) is 4.99 Å². The van der Waals surface area contributed by atoms with Crippen LogP contribution in [0.1, 0.15) is 45.5 Å². The molecule has 266 valence electrons. The van der Waals surface area contributed by atoms with Crippen molar-refractivity contribution < 1.29 is 0 Å². The Morgan fingerprint density at radius 2 is 0.982 bits per heavy atom. The maximum Gasteiger partial charge on any atom is 0.133 e. The second kappa shape index (κ2) is 14.5. The van der Waals surface area contributed by atoms with E-state index in [1.807, 2.05) is 6.07 Å². The summed E-state index contributed by atoms with van der Waals surface area (Å²) in [7, 11) is 0. The van der Waals surface area contributed by atoms with E-state index >= 15 is 0 Å². The van der Waals surface area contributed by atoms with Crippen LogP contribution in [-0.4, -0.2) is 5.84 Å². The molecule has 0 aliphatic carbocycles. The van der Waals surface area contributed by atoms with E-state index in [1.165, 1.54) is 55.3 Å². The molecule has 8 aromatic rings. The van der Waals surface area contributed by atoms with Gasteiger partial charge in [-0.1, -0.05) is 194 Å². The zero-order valence-electron chi connectivity index (χ0n) is 30.8. The highest BCUT2D eigenvalue weighted by molar-refractivity contribution is 6.09. The molecule has 2 unspecified atom stereocenters. The van der Waals surface area contributed by atoms with E-state index in [2.05, 4.69) is 217 Å². The fourth-order valence-corrected chi connectivity index (χ4v) is 8.13. The second-order valence-corrected chi connectivity index (χ2v) is 14.4. The molecule has 0 fully saturated rings. The minimum Gasteiger partial charge on any atom is -0.374 e. The third kappa shape index (κ3) is 6.40. The van der Waals surface area contributed by atoms with Crippen LogP contribution in [0.25, 0.3) is 44.3 Å². The number of rotatable bonds is 7. The maximum absolute atomic E-state index is 5.24. The average Bonchev–Trinajstić information content (AvgIpc) is 3.29. The highest BCUT2D eigenvalue weighted by Crippen LogP contribution is 2.44. The van der Waals surface area contributed by atoms with E-state index < -0.39 is 0 Å². The van der Waals surface area contributed by atoms with Gasteiger partial charge in [0.15, 0.2) is 0 Å². The minimum absolute atomic E-state index is 0.0790. The fourth-order valence-electron chi connectivity index (χ4n) is 8.13. The van der Waals surface area contributed by atoms with Crippen LogP contribution in [0, 0.1) is 0 Å². The van der Waals surface area contributed by atoms with Crippen LogP contribution >= 0.6 is 0 Å². The smallest absolute Gasteiger partial charge is 0.133 e. The third-order valence-corrected chi connectivity index (χ3v) is 11.0. The van der Waals surface area contributed by atoms with Gasteiger partial charge in [0.05, 0.1) is 12.1 Å². The number of hydrogen-bond acceptors (Lipinski definition) is 3. The lowest BCUT2D eigenvalue weighted by Gasteiger charge is -2.29. The van der Waals surface area contributed by atoms with Crippen LogP contribution in [0.3, 0.4) is 0 Å². The Bertz CT molecular complexity index is 2750. The topological polar surface area (TPSA) is 36.4 Å². The van der Waals surface area contributed by atoms with Gasteiger partial charge in [-0.15, -0.1) is 0 Å². The molecule has 2 aliphatic rings. The first-order valence-electron chi connectivity index (χ1n) is 19.3. The molecule has 3 nitrogen and oxygen atoms in total. The summed E-state index contributed by atoms with van der Waals surface area (Å²) >= 11 is 0. The van der Waals surface area contributed by atoms with Gasteiger partial charge in [0.2, 0.25) is 0 Å². The average molecular weight is 718 g/mol. The second-order valence-electron chi connectivity index (χ2n) is 14.4. The van der Waals surface area contributed by atoms with Crippen LogP contribution in [0.15, 0.2) is 217 Å². The summed E-state index contributed by atoms with van der Waals surface area (Å²) in [5, 5.41) is 9.97. The van der Waals surface area contributed by atoms with Gasteiger partial charge in [-0.2, -0.15) is 0 Å². The molecule has 0 bridgehead atoms. The van der Waals surface area contributed by atoms with Gasteiger partial charge in [-0.25, -0.2) is 0 Å². The maximum atomic E-state index is 5.24. The van der Waals surface area contributed by atoms with Crippen molar-refractivity contribution >= 4 is 33.6 Å². The van der Waals surface area contributed by atoms with Gasteiger partial charge in [0.1, 0.15) is 5.84 Å². The molecule has 56 heavy (non-hydrogen) atoms. The predicted octanol–water partition coefficient (Wildman–Crippen LogP) is 12.9. The van der Waals surface area contributed by atoms with Gasteiger partial charge >= 0.3 is 0 Å². The standard InChI is InChI=1S/C53H39N3/c1-5-14-36(15-6-1)37-24-28-41(29-25-37)50-35-51(56-53(55-50)43-20-11-4-12-21-43)42-30-26-39(27-31-42)44-22-13-23-46-45(44)32-33-48-52(46)47(38-16-7-2-8-17-38)34-49(54-48)40-18-9-3-10-19-40/h1-35,49,51,54H,(H,55,56). The highest BCUT2D eigenvalue weighted by atomic mass is 15.0. The largest absolute Gasteiger partial charge is 0.374 e. The van der Waals surface area contributed by atoms with E-state index in [0.717, 1.165) is 33.9 Å². The Morgan fingerprint density at radius 3 is 1.68 bits per heavy atom. The number of anilines is 1.